The van der Waals surface area contributed by atoms with Crippen LogP contribution in [0.15, 0.2) is 12.7 Å². The monoisotopic (exact) mass is 280 g/mol. The van der Waals surface area contributed by atoms with Gasteiger partial charge in [0.25, 0.3) is 0 Å². The van der Waals surface area contributed by atoms with Crippen LogP contribution in [-0.2, 0) is 9.47 Å². The number of imidazole rings is 1. The molecule has 1 unspecified atom stereocenters. The number of aromatic nitrogens is 4. The van der Waals surface area contributed by atoms with Gasteiger partial charge >= 0.3 is 0 Å². The van der Waals surface area contributed by atoms with E-state index in [0.29, 0.717) is 17.0 Å². The molecule has 0 amide bonds. The molecule has 5 N–H and O–H groups in total. The molecule has 4 atom stereocenters. The number of hydrogen-bond donors (Lipinski definition) is 3. The number of aliphatic hydroxyl groups is 1. The maximum atomic E-state index is 9.29. The first kappa shape index (κ1) is 13.2. The van der Waals surface area contributed by atoms with Gasteiger partial charge < -0.3 is 26.0 Å². The molecule has 2 aromatic rings. The Morgan fingerprint density at radius 1 is 1.45 bits per heavy atom. The first-order valence-electron chi connectivity index (χ1n) is 6.15. The van der Waals surface area contributed by atoms with Gasteiger partial charge in [0.1, 0.15) is 24.1 Å². The maximum Gasteiger partial charge on any atom is 0.167 e. The molecule has 0 radical (unpaired) electrons. The van der Waals surface area contributed by atoms with Gasteiger partial charge in [-0.1, -0.05) is 0 Å². The van der Waals surface area contributed by atoms with Crippen LogP contribution in [0, 0.1) is 0 Å². The van der Waals surface area contributed by atoms with E-state index >= 15 is 0 Å². The molecule has 9 nitrogen and oxygen atoms in total. The summed E-state index contributed by atoms with van der Waals surface area (Å²) in [5, 5.41) is 9.29. The molecule has 1 aliphatic heterocycles. The lowest BCUT2D eigenvalue weighted by atomic mass is 10.1. The summed E-state index contributed by atoms with van der Waals surface area (Å²) in [4.78, 5) is 12.2. The zero-order valence-corrected chi connectivity index (χ0v) is 10.9. The predicted molar refractivity (Wildman–Crippen MR) is 69.5 cm³/mol. The van der Waals surface area contributed by atoms with E-state index in [-0.39, 0.29) is 6.61 Å². The molecule has 0 aromatic carbocycles. The van der Waals surface area contributed by atoms with Gasteiger partial charge in [-0.15, -0.1) is 0 Å². The molecule has 108 valence electrons. The van der Waals surface area contributed by atoms with Crippen LogP contribution in [0.2, 0.25) is 0 Å². The van der Waals surface area contributed by atoms with E-state index < -0.39 is 24.5 Å². The van der Waals surface area contributed by atoms with Gasteiger partial charge in [0.2, 0.25) is 0 Å². The molecule has 0 saturated carbocycles. The third kappa shape index (κ3) is 1.83. The quantitative estimate of drug-likeness (QED) is 0.627. The van der Waals surface area contributed by atoms with Gasteiger partial charge in [-0.2, -0.15) is 0 Å². The molecule has 3 rings (SSSR count). The van der Waals surface area contributed by atoms with E-state index in [2.05, 4.69) is 15.0 Å². The van der Waals surface area contributed by atoms with Gasteiger partial charge in [-0.3, -0.25) is 4.57 Å². The first-order chi connectivity index (χ1) is 9.67. The summed E-state index contributed by atoms with van der Waals surface area (Å²) in [7, 11) is 1.54. The lowest BCUT2D eigenvalue weighted by molar-refractivity contribution is -0.0583. The van der Waals surface area contributed by atoms with E-state index in [9.17, 15) is 5.11 Å². The molecule has 0 bridgehead atoms. The summed E-state index contributed by atoms with van der Waals surface area (Å²) in [6, 6.07) is -0.438. The molecule has 1 aliphatic rings. The van der Waals surface area contributed by atoms with Crippen molar-refractivity contribution in [2.24, 2.45) is 5.73 Å². The molecular weight excluding hydrogens is 264 g/mol. The van der Waals surface area contributed by atoms with E-state index in [4.69, 9.17) is 20.9 Å². The van der Waals surface area contributed by atoms with Crippen molar-refractivity contribution in [1.82, 2.24) is 19.5 Å². The van der Waals surface area contributed by atoms with Crippen LogP contribution >= 0.6 is 0 Å². The standard InChI is InChI=1S/C11H16N6O3/c1-19-8-6(12)5(2-18)20-11(8)17-4-16-7-9(13)14-3-15-10(7)17/h3-6,8,11,18H,2,12H2,1H3,(H2,13,14,15)/t5-,6-,8-,11?/m1/s1. The first-order valence-corrected chi connectivity index (χ1v) is 6.15. The molecule has 20 heavy (non-hydrogen) atoms. The number of hydrogen-bond acceptors (Lipinski definition) is 8. The topological polar surface area (TPSA) is 134 Å². The second-order valence-corrected chi connectivity index (χ2v) is 4.61. The third-order valence-corrected chi connectivity index (χ3v) is 3.52. The lowest BCUT2D eigenvalue weighted by Gasteiger charge is -2.20. The zero-order chi connectivity index (χ0) is 14.3. The van der Waals surface area contributed by atoms with Crippen molar-refractivity contribution in [3.05, 3.63) is 12.7 Å². The molecular formula is C11H16N6O3. The number of anilines is 1. The summed E-state index contributed by atoms with van der Waals surface area (Å²) >= 11 is 0. The molecule has 3 heterocycles. The Labute approximate surface area is 114 Å². The van der Waals surface area contributed by atoms with Crippen molar-refractivity contribution >= 4 is 17.0 Å². The molecule has 2 aromatic heterocycles. The van der Waals surface area contributed by atoms with Crippen LogP contribution in [0.1, 0.15) is 6.23 Å². The second kappa shape index (κ2) is 4.94. The number of fused-ring (bicyclic) bond motifs is 1. The highest BCUT2D eigenvalue weighted by Crippen LogP contribution is 2.32. The Morgan fingerprint density at radius 3 is 2.95 bits per heavy atom. The number of nitrogens with zero attached hydrogens (tertiary/aromatic N) is 4. The van der Waals surface area contributed by atoms with Crippen molar-refractivity contribution in [2.45, 2.75) is 24.5 Å². The molecule has 9 heteroatoms. The second-order valence-electron chi connectivity index (χ2n) is 4.61. The minimum Gasteiger partial charge on any atom is -0.394 e. The van der Waals surface area contributed by atoms with E-state index in [1.54, 1.807) is 18.0 Å². The SMILES string of the molecule is CO[C@H]1C(n2cnc3c(N)ncnc32)O[C@H](CO)[C@H]1N. The summed E-state index contributed by atoms with van der Waals surface area (Å²) < 4.78 is 12.8. The smallest absolute Gasteiger partial charge is 0.167 e. The van der Waals surface area contributed by atoms with Crippen LogP contribution in [-0.4, -0.2) is 56.6 Å². The van der Waals surface area contributed by atoms with Crippen molar-refractivity contribution in [1.29, 1.82) is 0 Å². The van der Waals surface area contributed by atoms with Crippen LogP contribution in [0.4, 0.5) is 5.82 Å². The lowest BCUT2D eigenvalue weighted by Crippen LogP contribution is -2.42. The Hall–Kier alpha value is -1.81. The molecule has 0 aliphatic carbocycles. The number of methoxy groups -OCH3 is 1. The summed E-state index contributed by atoms with van der Waals surface area (Å²) in [5.74, 6) is 0.295. The van der Waals surface area contributed by atoms with E-state index in [0.717, 1.165) is 0 Å². The normalized spacial score (nSPS) is 30.1. The maximum absolute atomic E-state index is 9.29. The average Bonchev–Trinajstić information content (AvgIpc) is 3.00. The van der Waals surface area contributed by atoms with Gasteiger partial charge in [0.15, 0.2) is 17.7 Å². The number of nitrogen functional groups attached to an aromatic ring is 1. The largest absolute Gasteiger partial charge is 0.394 e. The highest BCUT2D eigenvalue weighted by Gasteiger charge is 2.44. The third-order valence-electron chi connectivity index (χ3n) is 3.52. The average molecular weight is 280 g/mol. The number of ether oxygens (including phenoxy) is 2. The van der Waals surface area contributed by atoms with Crippen LogP contribution < -0.4 is 11.5 Å². The summed E-state index contributed by atoms with van der Waals surface area (Å²) in [6.07, 6.45) is 1.48. The highest BCUT2D eigenvalue weighted by molar-refractivity contribution is 5.81. The fourth-order valence-electron chi connectivity index (χ4n) is 2.47. The van der Waals surface area contributed by atoms with Crippen molar-refractivity contribution in [3.63, 3.8) is 0 Å². The van der Waals surface area contributed by atoms with Crippen molar-refractivity contribution in [2.75, 3.05) is 19.5 Å². The molecule has 1 saturated heterocycles. The van der Waals surface area contributed by atoms with Crippen LogP contribution in [0.25, 0.3) is 11.2 Å². The summed E-state index contributed by atoms with van der Waals surface area (Å²) in [6.45, 7) is -0.179. The van der Waals surface area contributed by atoms with E-state index in [1.165, 1.54) is 6.33 Å². The van der Waals surface area contributed by atoms with Crippen molar-refractivity contribution in [3.8, 4) is 0 Å². The highest BCUT2D eigenvalue weighted by atomic mass is 16.6. The fraction of sp³-hybridized carbons (Fsp3) is 0.545. The van der Waals surface area contributed by atoms with E-state index in [1.807, 2.05) is 0 Å². The van der Waals surface area contributed by atoms with Gasteiger partial charge in [0.05, 0.1) is 19.0 Å². The molecule has 0 spiro atoms. The van der Waals surface area contributed by atoms with Gasteiger partial charge in [-0.25, -0.2) is 15.0 Å². The zero-order valence-electron chi connectivity index (χ0n) is 10.9. The fourth-order valence-corrected chi connectivity index (χ4v) is 2.47. The minimum absolute atomic E-state index is 0.179. The Kier molecular flexibility index (Phi) is 3.26. The van der Waals surface area contributed by atoms with Crippen LogP contribution in [0.3, 0.4) is 0 Å². The number of rotatable bonds is 3. The van der Waals surface area contributed by atoms with Gasteiger partial charge in [0, 0.05) is 7.11 Å². The molecule has 1 fully saturated rings. The summed E-state index contributed by atoms with van der Waals surface area (Å²) in [5.41, 5.74) is 12.8. The van der Waals surface area contributed by atoms with Gasteiger partial charge in [-0.05, 0) is 0 Å². The number of aliphatic hydroxyl groups excluding tert-OH is 1. The Balaban J connectivity index is 2.04. The van der Waals surface area contributed by atoms with Crippen molar-refractivity contribution < 1.29 is 14.6 Å². The Bertz CT molecular complexity index is 617. The predicted octanol–water partition coefficient (Wildman–Crippen LogP) is -1.36. The number of nitrogens with two attached hydrogens (primary N) is 2. The van der Waals surface area contributed by atoms with Crippen LogP contribution in [0.5, 0.6) is 0 Å². The minimum atomic E-state index is -0.522. The Morgan fingerprint density at radius 2 is 2.25 bits per heavy atom.